The zero-order chi connectivity index (χ0) is 20.2. The van der Waals surface area contributed by atoms with E-state index in [1.54, 1.807) is 19.2 Å². The largest absolute Gasteiger partial charge is 0.497 e. The number of methoxy groups -OCH3 is 1. The lowest BCUT2D eigenvalue weighted by atomic mass is 9.75. The summed E-state index contributed by atoms with van der Waals surface area (Å²) >= 11 is 0. The van der Waals surface area contributed by atoms with E-state index in [-0.39, 0.29) is 17.0 Å². The van der Waals surface area contributed by atoms with E-state index in [1.165, 1.54) is 12.1 Å². The first-order valence-corrected chi connectivity index (χ1v) is 10.0. The lowest BCUT2D eigenvalue weighted by molar-refractivity contribution is 0.332. The molecule has 0 bridgehead atoms. The second-order valence-corrected chi connectivity index (χ2v) is 7.66. The van der Waals surface area contributed by atoms with Gasteiger partial charge in [-0.25, -0.2) is 8.78 Å². The molecule has 2 aromatic carbocycles. The summed E-state index contributed by atoms with van der Waals surface area (Å²) < 4.78 is 34.4. The number of benzene rings is 2. The smallest absolute Gasteiger partial charge is 0.131 e. The number of aryl methyl sites for hydroxylation is 1. The van der Waals surface area contributed by atoms with Crippen LogP contribution in [0.15, 0.2) is 30.3 Å². The summed E-state index contributed by atoms with van der Waals surface area (Å²) in [6.45, 7) is 10.5. The topological polar surface area (TPSA) is 9.23 Å². The minimum absolute atomic E-state index is 0.132. The summed E-state index contributed by atoms with van der Waals surface area (Å²) in [6.07, 6.45) is 3.97. The van der Waals surface area contributed by atoms with Crippen molar-refractivity contribution >= 4 is 0 Å². The first kappa shape index (κ1) is 21.4. The number of hydrogen-bond acceptors (Lipinski definition) is 1. The Balaban J connectivity index is 0.00000126. The predicted molar refractivity (Wildman–Crippen MR) is 109 cm³/mol. The molecule has 3 heteroatoms. The van der Waals surface area contributed by atoms with Gasteiger partial charge in [0.1, 0.15) is 17.4 Å². The molecular formula is C24H32F2O. The van der Waals surface area contributed by atoms with Crippen LogP contribution < -0.4 is 4.74 Å². The summed E-state index contributed by atoms with van der Waals surface area (Å²) in [6, 6.07) is 8.13. The van der Waals surface area contributed by atoms with Crippen molar-refractivity contribution in [1.82, 2.24) is 0 Å². The second kappa shape index (κ2) is 8.86. The molecule has 0 aromatic heterocycles. The average Bonchev–Trinajstić information content (AvgIpc) is 3.02. The lowest BCUT2D eigenvalue weighted by Gasteiger charge is -2.30. The number of halogens is 2. The Hall–Kier alpha value is -1.90. The fourth-order valence-corrected chi connectivity index (χ4v) is 4.17. The van der Waals surface area contributed by atoms with Gasteiger partial charge in [0.15, 0.2) is 0 Å². The summed E-state index contributed by atoms with van der Waals surface area (Å²) in [5.41, 5.74) is 2.97. The Morgan fingerprint density at radius 2 is 1.74 bits per heavy atom. The lowest BCUT2D eigenvalue weighted by Crippen LogP contribution is -2.17. The minimum atomic E-state index is -0.346. The van der Waals surface area contributed by atoms with Crippen molar-refractivity contribution in [1.29, 1.82) is 0 Å². The van der Waals surface area contributed by atoms with E-state index in [2.05, 4.69) is 13.8 Å². The normalized spacial score (nSPS) is 18.0. The second-order valence-electron chi connectivity index (χ2n) is 7.66. The molecule has 0 radical (unpaired) electrons. The van der Waals surface area contributed by atoms with Crippen LogP contribution in [0.4, 0.5) is 8.78 Å². The quantitative estimate of drug-likeness (QED) is 0.537. The van der Waals surface area contributed by atoms with Crippen molar-refractivity contribution in [3.63, 3.8) is 0 Å². The number of rotatable bonds is 4. The van der Waals surface area contributed by atoms with Gasteiger partial charge < -0.3 is 4.74 Å². The molecule has 1 nitrogen and oxygen atoms in total. The number of ether oxygens (including phenoxy) is 1. The van der Waals surface area contributed by atoms with E-state index in [4.69, 9.17) is 4.74 Å². The maximum Gasteiger partial charge on any atom is 0.131 e. The van der Waals surface area contributed by atoms with E-state index in [1.807, 2.05) is 26.8 Å². The van der Waals surface area contributed by atoms with Crippen molar-refractivity contribution < 1.29 is 13.5 Å². The molecule has 0 saturated heterocycles. The zero-order valence-electron chi connectivity index (χ0n) is 17.5. The van der Waals surface area contributed by atoms with Gasteiger partial charge in [-0.05, 0) is 71.6 Å². The van der Waals surface area contributed by atoms with Gasteiger partial charge in [0.25, 0.3) is 0 Å². The standard InChI is InChI=1S/C22H26F2O.C2H6/c1-5-14-11-17(19-7-6-10-22(19,2)3)16(13-21(14)24)18-12-15(25-4)8-9-20(18)23;1-2/h8-9,11-13,19H,5-7,10H2,1-4H3;1-2H3. The molecule has 0 N–H and O–H groups in total. The molecule has 3 rings (SSSR count). The molecule has 2 aromatic rings. The highest BCUT2D eigenvalue weighted by molar-refractivity contribution is 5.71. The molecule has 1 aliphatic carbocycles. The first-order chi connectivity index (χ1) is 12.9. The third-order valence-corrected chi connectivity index (χ3v) is 5.70. The van der Waals surface area contributed by atoms with Crippen molar-refractivity contribution in [3.8, 4) is 16.9 Å². The van der Waals surface area contributed by atoms with Crippen molar-refractivity contribution in [2.75, 3.05) is 7.11 Å². The highest BCUT2D eigenvalue weighted by atomic mass is 19.1. The SMILES string of the molecule is CC.CCc1cc(C2CCCC2(C)C)c(-c2cc(OC)ccc2F)cc1F. The molecule has 148 valence electrons. The molecule has 1 saturated carbocycles. The molecule has 1 fully saturated rings. The Bertz CT molecular complexity index is 780. The predicted octanol–water partition coefficient (Wildman–Crippen LogP) is 7.52. The van der Waals surface area contributed by atoms with Gasteiger partial charge in [-0.2, -0.15) is 0 Å². The van der Waals surface area contributed by atoms with Crippen molar-refractivity contribution in [3.05, 3.63) is 53.1 Å². The molecule has 1 atom stereocenters. The Morgan fingerprint density at radius 3 is 2.30 bits per heavy atom. The zero-order valence-corrected chi connectivity index (χ0v) is 17.5. The number of hydrogen-bond donors (Lipinski definition) is 0. The van der Waals surface area contributed by atoms with Crippen LogP contribution in [0.5, 0.6) is 5.75 Å². The molecule has 0 amide bonds. The van der Waals surface area contributed by atoms with Gasteiger partial charge in [-0.3, -0.25) is 0 Å². The summed E-state index contributed by atoms with van der Waals surface area (Å²) in [4.78, 5) is 0. The monoisotopic (exact) mass is 374 g/mol. The van der Waals surface area contributed by atoms with Crippen LogP contribution in [0.1, 0.15) is 70.9 Å². The van der Waals surface area contributed by atoms with Gasteiger partial charge in [-0.15, -0.1) is 0 Å². The molecule has 27 heavy (non-hydrogen) atoms. The molecule has 0 heterocycles. The molecule has 1 aliphatic rings. The van der Waals surface area contributed by atoms with Crippen LogP contribution in [-0.4, -0.2) is 7.11 Å². The van der Waals surface area contributed by atoms with E-state index >= 15 is 0 Å². The van der Waals surface area contributed by atoms with Crippen LogP contribution >= 0.6 is 0 Å². The van der Waals surface area contributed by atoms with E-state index in [0.29, 0.717) is 34.8 Å². The fraction of sp³-hybridized carbons (Fsp3) is 0.500. The summed E-state index contributed by atoms with van der Waals surface area (Å²) in [5, 5.41) is 0. The Morgan fingerprint density at radius 1 is 1.04 bits per heavy atom. The Labute approximate surface area is 162 Å². The maximum atomic E-state index is 14.6. The van der Waals surface area contributed by atoms with Crippen LogP contribution in [0.2, 0.25) is 0 Å². The molecule has 0 spiro atoms. The van der Waals surface area contributed by atoms with Gasteiger partial charge in [-0.1, -0.05) is 47.1 Å². The fourth-order valence-electron chi connectivity index (χ4n) is 4.17. The van der Waals surface area contributed by atoms with Crippen molar-refractivity contribution in [2.45, 2.75) is 66.2 Å². The van der Waals surface area contributed by atoms with E-state index in [0.717, 1.165) is 24.8 Å². The third kappa shape index (κ3) is 4.34. The molecule has 1 unspecified atom stereocenters. The van der Waals surface area contributed by atoms with Crippen LogP contribution in [0.3, 0.4) is 0 Å². The van der Waals surface area contributed by atoms with Crippen LogP contribution in [-0.2, 0) is 6.42 Å². The highest BCUT2D eigenvalue weighted by Gasteiger charge is 2.37. The third-order valence-electron chi connectivity index (χ3n) is 5.70. The van der Waals surface area contributed by atoms with Crippen molar-refractivity contribution in [2.24, 2.45) is 5.41 Å². The highest BCUT2D eigenvalue weighted by Crippen LogP contribution is 2.51. The van der Waals surface area contributed by atoms with Gasteiger partial charge >= 0.3 is 0 Å². The first-order valence-electron chi connectivity index (χ1n) is 10.0. The minimum Gasteiger partial charge on any atom is -0.497 e. The molecule has 0 aliphatic heterocycles. The van der Waals surface area contributed by atoms with Gasteiger partial charge in [0.2, 0.25) is 0 Å². The summed E-state index contributed by atoms with van der Waals surface area (Å²) in [7, 11) is 1.55. The summed E-state index contributed by atoms with van der Waals surface area (Å²) in [5.74, 6) is 0.271. The van der Waals surface area contributed by atoms with Gasteiger partial charge in [0, 0.05) is 5.56 Å². The van der Waals surface area contributed by atoms with E-state index < -0.39 is 0 Å². The average molecular weight is 375 g/mol. The molecular weight excluding hydrogens is 342 g/mol. The van der Waals surface area contributed by atoms with E-state index in [9.17, 15) is 8.78 Å². The maximum absolute atomic E-state index is 14.6. The van der Waals surface area contributed by atoms with Crippen LogP contribution in [0, 0.1) is 17.0 Å². The van der Waals surface area contributed by atoms with Gasteiger partial charge in [0.05, 0.1) is 7.11 Å². The Kier molecular flexibility index (Phi) is 7.02. The van der Waals surface area contributed by atoms with Crippen LogP contribution in [0.25, 0.3) is 11.1 Å².